The fourth-order valence-corrected chi connectivity index (χ4v) is 3.92. The molecule has 0 unspecified atom stereocenters. The van der Waals surface area contributed by atoms with Gasteiger partial charge < -0.3 is 19.4 Å². The summed E-state index contributed by atoms with van der Waals surface area (Å²) < 4.78 is 50.8. The van der Waals surface area contributed by atoms with Crippen LogP contribution in [0.4, 0.5) is 23.7 Å². The Labute approximate surface area is 216 Å². The molecule has 8 nitrogen and oxygen atoms in total. The number of fused-ring (bicyclic) bond motifs is 1. The molecule has 1 fully saturated rings. The van der Waals surface area contributed by atoms with Gasteiger partial charge in [0, 0.05) is 28.9 Å². The molecule has 1 aliphatic rings. The third kappa shape index (κ3) is 6.41. The number of pyridine rings is 1. The van der Waals surface area contributed by atoms with Crippen molar-refractivity contribution in [2.45, 2.75) is 18.7 Å². The van der Waals surface area contributed by atoms with Gasteiger partial charge in [-0.1, -0.05) is 24.3 Å². The minimum absolute atomic E-state index is 0. The van der Waals surface area contributed by atoms with Crippen molar-refractivity contribution in [3.05, 3.63) is 64.4 Å². The van der Waals surface area contributed by atoms with Crippen LogP contribution in [-0.4, -0.2) is 61.8 Å². The second-order valence-electron chi connectivity index (χ2n) is 8.68. The van der Waals surface area contributed by atoms with Gasteiger partial charge in [-0.15, -0.1) is 12.4 Å². The summed E-state index contributed by atoms with van der Waals surface area (Å²) in [4.78, 5) is 42.7. The van der Waals surface area contributed by atoms with E-state index in [-0.39, 0.29) is 48.6 Å². The molecule has 1 aliphatic heterocycles. The number of rotatable bonds is 7. The van der Waals surface area contributed by atoms with Crippen LogP contribution < -0.4 is 10.5 Å². The lowest BCUT2D eigenvalue weighted by Crippen LogP contribution is -2.27. The highest BCUT2D eigenvalue weighted by Crippen LogP contribution is 2.36. The van der Waals surface area contributed by atoms with Gasteiger partial charge in [-0.2, -0.15) is 13.2 Å². The number of nitrogens with one attached hydrogen (secondary N) is 1. The maximum absolute atomic E-state index is 13.4. The number of halogens is 4. The molecule has 198 valence electrons. The molecule has 1 saturated heterocycles. The molecule has 4 rings (SSSR count). The van der Waals surface area contributed by atoms with E-state index in [1.807, 2.05) is 19.0 Å². The number of aromatic amines is 1. The molecule has 2 aromatic carbocycles. The van der Waals surface area contributed by atoms with Crippen LogP contribution in [0.3, 0.4) is 0 Å². The minimum atomic E-state index is -4.58. The van der Waals surface area contributed by atoms with E-state index in [0.717, 1.165) is 6.07 Å². The molecular formula is C25H25ClF3N3O5. The van der Waals surface area contributed by atoms with Crippen molar-refractivity contribution in [3.8, 4) is 11.3 Å². The zero-order valence-electron chi connectivity index (χ0n) is 20.0. The van der Waals surface area contributed by atoms with Gasteiger partial charge in [-0.05, 0) is 43.7 Å². The molecule has 1 amide bonds. The van der Waals surface area contributed by atoms with Crippen molar-refractivity contribution >= 4 is 40.9 Å². The molecule has 12 heteroatoms. The molecular weight excluding hydrogens is 515 g/mol. The van der Waals surface area contributed by atoms with Crippen LogP contribution >= 0.6 is 12.4 Å². The van der Waals surface area contributed by atoms with Crippen molar-refractivity contribution in [3.63, 3.8) is 0 Å². The number of amides is 1. The zero-order chi connectivity index (χ0) is 26.0. The number of carbonyl (C=O) groups is 2. The van der Waals surface area contributed by atoms with E-state index < -0.39 is 35.5 Å². The smallest absolute Gasteiger partial charge is 0.417 e. The van der Waals surface area contributed by atoms with Gasteiger partial charge in [-0.3, -0.25) is 14.5 Å². The summed E-state index contributed by atoms with van der Waals surface area (Å²) in [6, 6.07) is 11.1. The second-order valence-corrected chi connectivity index (χ2v) is 8.68. The normalized spacial score (nSPS) is 15.6. The molecule has 3 aromatic rings. The molecule has 0 radical (unpaired) electrons. The SMILES string of the molecule is CN(C)CCC(=O)OC[C@H]1CN(c2ccc3cc(-c4ccccc4C(F)(F)F)[nH]c(=O)c3c2)C(=O)O1.Cl. The number of ether oxygens (including phenoxy) is 2. The van der Waals surface area contributed by atoms with Crippen molar-refractivity contribution in [2.75, 3.05) is 38.7 Å². The predicted molar refractivity (Wildman–Crippen MR) is 134 cm³/mol. The lowest BCUT2D eigenvalue weighted by molar-refractivity contribution is -0.146. The van der Waals surface area contributed by atoms with Crippen LogP contribution in [0, 0.1) is 0 Å². The van der Waals surface area contributed by atoms with Crippen LogP contribution in [-0.2, 0) is 20.4 Å². The van der Waals surface area contributed by atoms with Gasteiger partial charge in [0.25, 0.3) is 5.56 Å². The van der Waals surface area contributed by atoms with E-state index in [9.17, 15) is 27.6 Å². The monoisotopic (exact) mass is 539 g/mol. The molecule has 0 saturated carbocycles. The number of aromatic nitrogens is 1. The highest BCUT2D eigenvalue weighted by molar-refractivity contribution is 5.94. The Morgan fingerprint density at radius 3 is 2.59 bits per heavy atom. The summed E-state index contributed by atoms with van der Waals surface area (Å²) in [6.07, 6.45) is -5.70. The molecule has 0 aliphatic carbocycles. The predicted octanol–water partition coefficient (Wildman–Crippen LogP) is 4.46. The molecule has 1 atom stereocenters. The molecule has 1 aromatic heterocycles. The quantitative estimate of drug-likeness (QED) is 0.446. The van der Waals surface area contributed by atoms with Gasteiger partial charge in [0.05, 0.1) is 18.5 Å². The maximum Gasteiger partial charge on any atom is 0.417 e. The van der Waals surface area contributed by atoms with Crippen LogP contribution in [0.2, 0.25) is 0 Å². The third-order valence-corrected chi connectivity index (χ3v) is 5.73. The maximum atomic E-state index is 13.4. The van der Waals surface area contributed by atoms with E-state index in [0.29, 0.717) is 17.6 Å². The lowest BCUT2D eigenvalue weighted by atomic mass is 10.0. The van der Waals surface area contributed by atoms with Gasteiger partial charge in [0.15, 0.2) is 6.10 Å². The topological polar surface area (TPSA) is 91.9 Å². The van der Waals surface area contributed by atoms with Gasteiger partial charge in [0.2, 0.25) is 0 Å². The molecule has 0 spiro atoms. The first-order valence-corrected chi connectivity index (χ1v) is 11.1. The van der Waals surface area contributed by atoms with Gasteiger partial charge in [-0.25, -0.2) is 4.79 Å². The molecule has 2 heterocycles. The summed E-state index contributed by atoms with van der Waals surface area (Å²) in [7, 11) is 3.67. The number of cyclic esters (lactones) is 1. The van der Waals surface area contributed by atoms with E-state index >= 15 is 0 Å². The fourth-order valence-electron chi connectivity index (χ4n) is 3.92. The lowest BCUT2D eigenvalue weighted by Gasteiger charge is -2.15. The number of nitrogens with zero attached hydrogens (tertiary/aromatic N) is 2. The number of H-pyrrole nitrogens is 1. The first-order valence-electron chi connectivity index (χ1n) is 11.1. The van der Waals surface area contributed by atoms with E-state index in [4.69, 9.17) is 9.47 Å². The Morgan fingerprint density at radius 1 is 1.16 bits per heavy atom. The van der Waals surface area contributed by atoms with Gasteiger partial charge in [0.1, 0.15) is 6.61 Å². The Bertz CT molecular complexity index is 1360. The summed E-state index contributed by atoms with van der Waals surface area (Å²) in [6.45, 7) is 0.551. The fraction of sp³-hybridized carbons (Fsp3) is 0.320. The van der Waals surface area contributed by atoms with Crippen molar-refractivity contribution in [2.24, 2.45) is 0 Å². The van der Waals surface area contributed by atoms with E-state index in [1.165, 1.54) is 35.2 Å². The summed E-state index contributed by atoms with van der Waals surface area (Å²) >= 11 is 0. The van der Waals surface area contributed by atoms with Crippen molar-refractivity contribution < 1.29 is 32.2 Å². The van der Waals surface area contributed by atoms with Gasteiger partial charge >= 0.3 is 18.2 Å². The van der Waals surface area contributed by atoms with Crippen LogP contribution in [0.25, 0.3) is 22.0 Å². The van der Waals surface area contributed by atoms with Crippen LogP contribution in [0.1, 0.15) is 12.0 Å². The summed E-state index contributed by atoms with van der Waals surface area (Å²) in [5.74, 6) is -0.404. The average Bonchev–Trinajstić information content (AvgIpc) is 3.21. The Hall–Kier alpha value is -3.57. The third-order valence-electron chi connectivity index (χ3n) is 5.73. The van der Waals surface area contributed by atoms with E-state index in [1.54, 1.807) is 12.1 Å². The summed E-state index contributed by atoms with van der Waals surface area (Å²) in [5, 5.41) is 0.612. The highest BCUT2D eigenvalue weighted by Gasteiger charge is 2.35. The number of anilines is 1. The second kappa shape index (κ2) is 11.2. The van der Waals surface area contributed by atoms with E-state index in [2.05, 4.69) is 4.98 Å². The molecule has 1 N–H and O–H groups in total. The standard InChI is InChI=1S/C25H24F3N3O5.ClH/c1-30(2)10-9-22(32)35-14-17-13-31(24(34)36-17)16-8-7-15-11-21(29-23(33)19(15)12-16)18-5-3-4-6-20(18)25(26,27)28;/h3-8,11-12,17H,9-10,13-14H2,1-2H3,(H,29,33);1H/t17-;/m1./s1. The Morgan fingerprint density at radius 2 is 1.89 bits per heavy atom. The zero-order valence-corrected chi connectivity index (χ0v) is 20.8. The minimum Gasteiger partial charge on any atom is -0.462 e. The number of alkyl halides is 3. The number of benzene rings is 2. The summed E-state index contributed by atoms with van der Waals surface area (Å²) in [5.41, 5.74) is -1.18. The first-order chi connectivity index (χ1) is 17.0. The Balaban J connectivity index is 0.00000380. The first kappa shape index (κ1) is 28.0. The molecule has 0 bridgehead atoms. The number of esters is 1. The largest absolute Gasteiger partial charge is 0.462 e. The number of hydrogen-bond donors (Lipinski definition) is 1. The number of hydrogen-bond acceptors (Lipinski definition) is 6. The average molecular weight is 540 g/mol. The van der Waals surface area contributed by atoms with Crippen molar-refractivity contribution in [1.29, 1.82) is 0 Å². The Kier molecular flexibility index (Phi) is 8.49. The van der Waals surface area contributed by atoms with Crippen LogP contribution in [0.5, 0.6) is 0 Å². The van der Waals surface area contributed by atoms with Crippen LogP contribution in [0.15, 0.2) is 53.3 Å². The molecule has 37 heavy (non-hydrogen) atoms. The van der Waals surface area contributed by atoms with Crippen molar-refractivity contribution in [1.82, 2.24) is 9.88 Å². The highest BCUT2D eigenvalue weighted by atomic mass is 35.5. The number of carbonyl (C=O) groups excluding carboxylic acids is 2.